The number of anilines is 1. The van der Waals surface area contributed by atoms with Crippen molar-refractivity contribution in [3.63, 3.8) is 0 Å². The third-order valence-corrected chi connectivity index (χ3v) is 13.4. The van der Waals surface area contributed by atoms with Crippen molar-refractivity contribution in [3.8, 4) is 5.75 Å². The lowest BCUT2D eigenvalue weighted by Gasteiger charge is -2.40. The lowest BCUT2D eigenvalue weighted by molar-refractivity contribution is -0.157. The predicted molar refractivity (Wildman–Crippen MR) is 223 cm³/mol. The Morgan fingerprint density at radius 1 is 0.772 bits per heavy atom. The number of likely N-dealkylation sites (N-methyl/N-ethyl adjacent to an activating group) is 1. The van der Waals surface area contributed by atoms with Gasteiger partial charge in [-0.15, -0.1) is 11.8 Å². The molecule has 304 valence electrons. The second kappa shape index (κ2) is 20.2. The zero-order valence-electron chi connectivity index (χ0n) is 33.6. The Bertz CT molecular complexity index is 1840. The zero-order chi connectivity index (χ0) is 40.3. The number of para-hydroxylation sites is 2. The molecule has 0 radical (unpaired) electrons. The van der Waals surface area contributed by atoms with Crippen LogP contribution in [0.2, 0.25) is 0 Å². The van der Waals surface area contributed by atoms with E-state index in [-0.39, 0.29) is 35.3 Å². The van der Waals surface area contributed by atoms with Crippen molar-refractivity contribution in [3.05, 3.63) is 96.1 Å². The first-order valence-electron chi connectivity index (χ1n) is 20.5. The number of carbonyl (C=O) groups excluding carboxylic acids is 5. The van der Waals surface area contributed by atoms with Gasteiger partial charge >= 0.3 is 5.97 Å². The average molecular weight is 796 g/mol. The van der Waals surface area contributed by atoms with Crippen LogP contribution in [0.1, 0.15) is 75.3 Å². The van der Waals surface area contributed by atoms with Crippen LogP contribution < -0.4 is 9.64 Å². The number of esters is 1. The van der Waals surface area contributed by atoms with E-state index in [0.29, 0.717) is 62.9 Å². The Balaban J connectivity index is 1.23. The minimum Gasteiger partial charge on any atom is -0.495 e. The average Bonchev–Trinajstić information content (AvgIpc) is 3.53. The van der Waals surface area contributed by atoms with E-state index in [9.17, 15) is 24.0 Å². The first kappa shape index (κ1) is 42.0. The molecule has 57 heavy (non-hydrogen) atoms. The van der Waals surface area contributed by atoms with E-state index in [1.807, 2.05) is 84.9 Å². The van der Waals surface area contributed by atoms with Crippen LogP contribution in [-0.4, -0.2) is 90.3 Å². The molecule has 0 bridgehead atoms. The van der Waals surface area contributed by atoms with Gasteiger partial charge < -0.3 is 24.2 Å². The molecule has 0 aromatic heterocycles. The van der Waals surface area contributed by atoms with E-state index in [4.69, 9.17) is 9.47 Å². The number of ketones is 1. The number of fused-ring (bicyclic) bond motifs is 1. The maximum absolute atomic E-state index is 14.7. The highest BCUT2D eigenvalue weighted by atomic mass is 32.2. The summed E-state index contributed by atoms with van der Waals surface area (Å²) in [4.78, 5) is 75.6. The molecule has 6 atom stereocenters. The largest absolute Gasteiger partial charge is 0.495 e. The maximum atomic E-state index is 14.7. The second-order valence-corrected chi connectivity index (χ2v) is 17.0. The van der Waals surface area contributed by atoms with E-state index in [2.05, 4.69) is 0 Å². The molecule has 6 rings (SSSR count). The molecule has 3 aromatic carbocycles. The number of carbonyl (C=O) groups is 5. The topological polar surface area (TPSA) is 114 Å². The SMILES string of the molecule is COC(=O)[C@@H]1CCC[C@@H]2SCC[C@H](CC(=O)[C@H](CC[C@H](Cc3ccccc3)C(=O)N(C)[C@H]3CCCCN(c4ccccc4OC)C3=O)Cc3ccccc3)C(=O)N21. The molecule has 3 heterocycles. The molecule has 3 aliphatic heterocycles. The molecule has 3 saturated heterocycles. The summed E-state index contributed by atoms with van der Waals surface area (Å²) in [6.45, 7) is 0.540. The summed E-state index contributed by atoms with van der Waals surface area (Å²) in [5, 5.41) is -0.0977. The normalized spacial score (nSPS) is 22.4. The number of hydrogen-bond donors (Lipinski definition) is 0. The summed E-state index contributed by atoms with van der Waals surface area (Å²) in [6.07, 6.45) is 6.88. The van der Waals surface area contributed by atoms with Gasteiger partial charge in [0.25, 0.3) is 0 Å². The minimum absolute atomic E-state index is 0.00191. The summed E-state index contributed by atoms with van der Waals surface area (Å²) in [7, 11) is 4.69. The lowest BCUT2D eigenvalue weighted by Crippen LogP contribution is -2.53. The molecular weight excluding hydrogens is 739 g/mol. The number of benzene rings is 3. The quantitative estimate of drug-likeness (QED) is 0.150. The van der Waals surface area contributed by atoms with Crippen molar-refractivity contribution >= 4 is 46.9 Å². The van der Waals surface area contributed by atoms with Gasteiger partial charge in [-0.25, -0.2) is 4.79 Å². The van der Waals surface area contributed by atoms with Gasteiger partial charge in [0.1, 0.15) is 23.6 Å². The molecule has 0 saturated carbocycles. The van der Waals surface area contributed by atoms with E-state index < -0.39 is 35.8 Å². The molecule has 11 heteroatoms. The van der Waals surface area contributed by atoms with E-state index in [0.717, 1.165) is 42.6 Å². The van der Waals surface area contributed by atoms with Gasteiger partial charge in [-0.05, 0) is 99.6 Å². The van der Waals surface area contributed by atoms with Crippen molar-refractivity contribution in [1.29, 1.82) is 0 Å². The van der Waals surface area contributed by atoms with Gasteiger partial charge in [0, 0.05) is 37.8 Å². The summed E-state index contributed by atoms with van der Waals surface area (Å²) in [5.41, 5.74) is 2.73. The standard InChI is InChI=1S/C46H57N3O7S/c1-47(38-20-12-13-27-48(45(38)53)37-19-10-11-22-41(37)55-2)43(51)35(30-33-17-8-5-9-18-33)25-24-34(29-32-15-6-4-7-16-32)40(50)31-36-26-28-57-42-23-14-21-39(46(54)56-3)49(42)44(36)52/h4-11,15-19,22,34-36,38-39,42H,12-14,20-21,23-31H2,1-3H3/t34-,35-,36-,38+,39+,42+/m1/s1. The number of thioether (sulfide) groups is 1. The van der Waals surface area contributed by atoms with Crippen molar-refractivity contribution in [2.24, 2.45) is 17.8 Å². The first-order chi connectivity index (χ1) is 27.7. The number of rotatable bonds is 15. The fourth-order valence-corrected chi connectivity index (χ4v) is 10.3. The number of Topliss-reactive ketones (excluding diaryl/α,β-unsaturated/α-hetero) is 1. The lowest BCUT2D eigenvalue weighted by atomic mass is 9.82. The highest BCUT2D eigenvalue weighted by molar-refractivity contribution is 7.99. The van der Waals surface area contributed by atoms with E-state index in [1.165, 1.54) is 7.11 Å². The summed E-state index contributed by atoms with van der Waals surface area (Å²) >= 11 is 1.69. The van der Waals surface area contributed by atoms with Crippen LogP contribution in [0.3, 0.4) is 0 Å². The molecule has 0 spiro atoms. The van der Waals surface area contributed by atoms with Gasteiger partial charge in [0.2, 0.25) is 17.7 Å². The summed E-state index contributed by atoms with van der Waals surface area (Å²) in [6, 6.07) is 26.0. The van der Waals surface area contributed by atoms with E-state index >= 15 is 0 Å². The van der Waals surface area contributed by atoms with Gasteiger partial charge in [0.15, 0.2) is 0 Å². The van der Waals surface area contributed by atoms with Crippen LogP contribution in [-0.2, 0) is 41.6 Å². The van der Waals surface area contributed by atoms with E-state index in [1.54, 1.807) is 40.6 Å². The smallest absolute Gasteiger partial charge is 0.328 e. The molecule has 0 N–H and O–H groups in total. The third-order valence-electron chi connectivity index (χ3n) is 12.0. The Kier molecular flexibility index (Phi) is 14.9. The van der Waals surface area contributed by atoms with Crippen LogP contribution in [0, 0.1) is 17.8 Å². The predicted octanol–water partition coefficient (Wildman–Crippen LogP) is 7.13. The number of amides is 3. The molecule has 0 aliphatic carbocycles. The molecule has 3 aliphatic rings. The van der Waals surface area contributed by atoms with Crippen LogP contribution >= 0.6 is 11.8 Å². The zero-order valence-corrected chi connectivity index (χ0v) is 34.4. The molecule has 0 unspecified atom stereocenters. The number of ether oxygens (including phenoxy) is 2. The van der Waals surface area contributed by atoms with Gasteiger partial charge in [0.05, 0.1) is 25.3 Å². The molecule has 10 nitrogen and oxygen atoms in total. The number of nitrogens with zero attached hydrogens (tertiary/aromatic N) is 3. The van der Waals surface area contributed by atoms with Crippen LogP contribution in [0.4, 0.5) is 5.69 Å². The van der Waals surface area contributed by atoms with Crippen LogP contribution in [0.5, 0.6) is 5.75 Å². The van der Waals surface area contributed by atoms with Crippen molar-refractivity contribution in [1.82, 2.24) is 9.80 Å². The molecular formula is C46H57N3O7S. The fraction of sp³-hybridized carbons (Fsp3) is 0.500. The molecule has 3 aromatic rings. The number of methoxy groups -OCH3 is 2. The summed E-state index contributed by atoms with van der Waals surface area (Å²) < 4.78 is 10.7. The highest BCUT2D eigenvalue weighted by Crippen LogP contribution is 2.38. The van der Waals surface area contributed by atoms with Gasteiger partial charge in [-0.1, -0.05) is 72.8 Å². The van der Waals surface area contributed by atoms with Crippen LogP contribution in [0.25, 0.3) is 0 Å². The highest BCUT2D eigenvalue weighted by Gasteiger charge is 2.44. The minimum atomic E-state index is -0.642. The Morgan fingerprint density at radius 2 is 1.42 bits per heavy atom. The maximum Gasteiger partial charge on any atom is 0.328 e. The Morgan fingerprint density at radius 3 is 2.11 bits per heavy atom. The molecule has 3 amide bonds. The van der Waals surface area contributed by atoms with Gasteiger partial charge in [-0.3, -0.25) is 19.2 Å². The fourth-order valence-electron chi connectivity index (χ4n) is 8.87. The Hall–Kier alpha value is -4.64. The summed E-state index contributed by atoms with van der Waals surface area (Å²) in [5.74, 6) is -0.883. The second-order valence-electron chi connectivity index (χ2n) is 15.7. The number of hydrogen-bond acceptors (Lipinski definition) is 8. The first-order valence-corrected chi connectivity index (χ1v) is 21.6. The Labute approximate surface area is 341 Å². The van der Waals surface area contributed by atoms with Crippen molar-refractivity contribution < 1.29 is 33.4 Å². The van der Waals surface area contributed by atoms with Crippen LogP contribution in [0.15, 0.2) is 84.9 Å². The van der Waals surface area contributed by atoms with Crippen molar-refractivity contribution in [2.45, 2.75) is 94.5 Å². The van der Waals surface area contributed by atoms with Crippen molar-refractivity contribution in [2.75, 3.05) is 38.5 Å². The third kappa shape index (κ3) is 10.3. The monoisotopic (exact) mass is 795 g/mol. The van der Waals surface area contributed by atoms with Gasteiger partial charge in [-0.2, -0.15) is 0 Å². The number of piperidine rings is 1. The molecule has 3 fully saturated rings.